The Morgan fingerprint density at radius 3 is 2.21 bits per heavy atom. The number of nitrogens with zero attached hydrogens (tertiary/aromatic N) is 1. The molecule has 38 heavy (non-hydrogen) atoms. The number of hydrogen-bond donors (Lipinski definition) is 2. The highest BCUT2D eigenvalue weighted by Gasteiger charge is 2.12. The van der Waals surface area contributed by atoms with Crippen LogP contribution >= 0.6 is 15.9 Å². The standard InChI is InChI=1S/C28H28BrN3O6/c1-3-15-37-24-10-5-19(6-11-24)27(34)30-18-26(33)32-31-17-21-16-22(29)9-14-25(21)38-28(35)20-7-12-23(13-8-20)36-4-2/h5-14,16-17H,3-4,15,18H2,1-2H3,(H,30,34)(H,32,33)/b31-17+. The highest BCUT2D eigenvalue weighted by molar-refractivity contribution is 9.10. The van der Waals surface area contributed by atoms with Crippen molar-refractivity contribution in [3.63, 3.8) is 0 Å². The average molecular weight is 582 g/mol. The van der Waals surface area contributed by atoms with E-state index >= 15 is 0 Å². The third kappa shape index (κ3) is 8.74. The number of carbonyl (C=O) groups is 3. The van der Waals surface area contributed by atoms with Crippen LogP contribution in [0.2, 0.25) is 0 Å². The van der Waals surface area contributed by atoms with E-state index in [1.807, 2.05) is 13.8 Å². The van der Waals surface area contributed by atoms with Gasteiger partial charge in [0.2, 0.25) is 0 Å². The van der Waals surface area contributed by atoms with Crippen LogP contribution in [-0.2, 0) is 4.79 Å². The number of nitrogens with one attached hydrogen (secondary N) is 2. The first-order valence-electron chi connectivity index (χ1n) is 12.0. The average Bonchev–Trinajstić information content (AvgIpc) is 2.92. The molecule has 0 saturated carbocycles. The van der Waals surface area contributed by atoms with Gasteiger partial charge in [0.25, 0.3) is 11.8 Å². The van der Waals surface area contributed by atoms with Crippen molar-refractivity contribution in [2.45, 2.75) is 20.3 Å². The van der Waals surface area contributed by atoms with Gasteiger partial charge < -0.3 is 19.5 Å². The number of hydrazone groups is 1. The Balaban J connectivity index is 1.54. The zero-order chi connectivity index (χ0) is 27.3. The van der Waals surface area contributed by atoms with E-state index in [0.29, 0.717) is 41.4 Å². The van der Waals surface area contributed by atoms with Gasteiger partial charge in [-0.3, -0.25) is 9.59 Å². The number of carbonyl (C=O) groups excluding carboxylic acids is 3. The first-order valence-corrected chi connectivity index (χ1v) is 12.8. The number of rotatable bonds is 12. The van der Waals surface area contributed by atoms with Crippen LogP contribution in [0.4, 0.5) is 0 Å². The Morgan fingerprint density at radius 1 is 0.895 bits per heavy atom. The summed E-state index contributed by atoms with van der Waals surface area (Å²) in [7, 11) is 0. The molecule has 2 amide bonds. The van der Waals surface area contributed by atoms with Gasteiger partial charge in [0.05, 0.1) is 31.5 Å². The third-order valence-electron chi connectivity index (χ3n) is 4.97. The van der Waals surface area contributed by atoms with E-state index in [2.05, 4.69) is 31.8 Å². The van der Waals surface area contributed by atoms with E-state index in [9.17, 15) is 14.4 Å². The minimum atomic E-state index is -0.554. The molecule has 0 radical (unpaired) electrons. The van der Waals surface area contributed by atoms with Crippen molar-refractivity contribution in [1.82, 2.24) is 10.7 Å². The molecule has 0 aliphatic carbocycles. The molecule has 0 saturated heterocycles. The predicted octanol–water partition coefficient (Wildman–Crippen LogP) is 4.74. The second kappa shape index (κ2) is 14.5. The Bertz CT molecular complexity index is 1280. The smallest absolute Gasteiger partial charge is 0.343 e. The van der Waals surface area contributed by atoms with E-state index in [4.69, 9.17) is 14.2 Å². The van der Waals surface area contributed by atoms with Crippen LogP contribution < -0.4 is 25.0 Å². The number of ether oxygens (including phenoxy) is 3. The molecule has 10 heteroatoms. The highest BCUT2D eigenvalue weighted by Crippen LogP contribution is 2.23. The molecular formula is C28H28BrN3O6. The van der Waals surface area contributed by atoms with Gasteiger partial charge in [-0.15, -0.1) is 0 Å². The topological polar surface area (TPSA) is 115 Å². The quantitative estimate of drug-likeness (QED) is 0.138. The van der Waals surface area contributed by atoms with Gasteiger partial charge >= 0.3 is 5.97 Å². The van der Waals surface area contributed by atoms with Gasteiger partial charge in [-0.2, -0.15) is 5.10 Å². The molecule has 0 aliphatic heterocycles. The Kier molecular flexibility index (Phi) is 10.9. The van der Waals surface area contributed by atoms with E-state index < -0.39 is 17.8 Å². The Labute approximate surface area is 229 Å². The van der Waals surface area contributed by atoms with Crippen LogP contribution in [0.5, 0.6) is 17.2 Å². The number of amides is 2. The minimum Gasteiger partial charge on any atom is -0.494 e. The first-order chi connectivity index (χ1) is 18.4. The normalized spacial score (nSPS) is 10.6. The van der Waals surface area contributed by atoms with Gasteiger partial charge in [-0.05, 0) is 80.1 Å². The Hall–Kier alpha value is -4.18. The highest BCUT2D eigenvalue weighted by atomic mass is 79.9. The number of hydrogen-bond acceptors (Lipinski definition) is 7. The van der Waals surface area contributed by atoms with Crippen molar-refractivity contribution in [3.05, 3.63) is 87.9 Å². The summed E-state index contributed by atoms with van der Waals surface area (Å²) in [6.45, 7) is 4.73. The maximum absolute atomic E-state index is 12.6. The van der Waals surface area contributed by atoms with E-state index in [0.717, 1.165) is 10.9 Å². The third-order valence-corrected chi connectivity index (χ3v) is 5.46. The lowest BCUT2D eigenvalue weighted by atomic mass is 10.2. The summed E-state index contributed by atoms with van der Waals surface area (Å²) in [6.07, 6.45) is 2.23. The van der Waals surface area contributed by atoms with Gasteiger partial charge in [0.15, 0.2) is 0 Å². The summed E-state index contributed by atoms with van der Waals surface area (Å²) < 4.78 is 17.1. The largest absolute Gasteiger partial charge is 0.494 e. The van der Waals surface area contributed by atoms with Crippen molar-refractivity contribution in [2.75, 3.05) is 19.8 Å². The molecule has 2 N–H and O–H groups in total. The van der Waals surface area contributed by atoms with Crippen molar-refractivity contribution < 1.29 is 28.6 Å². The molecule has 3 aromatic carbocycles. The summed E-state index contributed by atoms with van der Waals surface area (Å²) in [5, 5.41) is 6.46. The fourth-order valence-corrected chi connectivity index (χ4v) is 3.50. The van der Waals surface area contributed by atoms with Crippen LogP contribution in [0.15, 0.2) is 76.3 Å². The second-order valence-electron chi connectivity index (χ2n) is 7.88. The van der Waals surface area contributed by atoms with E-state index in [1.54, 1.807) is 66.7 Å². The predicted molar refractivity (Wildman–Crippen MR) is 147 cm³/mol. The zero-order valence-corrected chi connectivity index (χ0v) is 22.6. The van der Waals surface area contributed by atoms with Gasteiger partial charge in [-0.25, -0.2) is 10.2 Å². The molecule has 3 aromatic rings. The molecule has 9 nitrogen and oxygen atoms in total. The lowest BCUT2D eigenvalue weighted by Gasteiger charge is -2.09. The fourth-order valence-electron chi connectivity index (χ4n) is 3.12. The summed E-state index contributed by atoms with van der Waals surface area (Å²) in [6, 6.07) is 18.3. The summed E-state index contributed by atoms with van der Waals surface area (Å²) in [5.41, 5.74) is 3.55. The maximum Gasteiger partial charge on any atom is 0.343 e. The molecule has 0 aromatic heterocycles. The summed E-state index contributed by atoms with van der Waals surface area (Å²) >= 11 is 3.37. The SMILES string of the molecule is CCCOc1ccc(C(=O)NCC(=O)N/N=C/c2cc(Br)ccc2OC(=O)c2ccc(OCC)cc2)cc1. The molecule has 0 atom stereocenters. The van der Waals surface area contributed by atoms with Crippen molar-refractivity contribution in [1.29, 1.82) is 0 Å². The number of esters is 1. The van der Waals surface area contributed by atoms with Crippen LogP contribution in [0.3, 0.4) is 0 Å². The number of benzene rings is 3. The summed E-state index contributed by atoms with van der Waals surface area (Å²) in [5.74, 6) is 0.100. The first kappa shape index (κ1) is 28.4. The molecule has 0 unspecified atom stereocenters. The van der Waals surface area contributed by atoms with Crippen LogP contribution in [0.1, 0.15) is 46.5 Å². The molecule has 0 spiro atoms. The van der Waals surface area contributed by atoms with Gasteiger partial charge in [-0.1, -0.05) is 22.9 Å². The van der Waals surface area contributed by atoms with E-state index in [1.165, 1.54) is 6.21 Å². The summed E-state index contributed by atoms with van der Waals surface area (Å²) in [4.78, 5) is 37.1. The number of halogens is 1. The van der Waals surface area contributed by atoms with Crippen molar-refractivity contribution >= 4 is 39.9 Å². The second-order valence-corrected chi connectivity index (χ2v) is 8.79. The van der Waals surface area contributed by atoms with Gasteiger partial charge in [0, 0.05) is 15.6 Å². The van der Waals surface area contributed by atoms with Crippen LogP contribution in [0.25, 0.3) is 0 Å². The molecule has 0 heterocycles. The molecule has 0 fully saturated rings. The van der Waals surface area contributed by atoms with Crippen LogP contribution in [-0.4, -0.2) is 43.8 Å². The monoisotopic (exact) mass is 581 g/mol. The zero-order valence-electron chi connectivity index (χ0n) is 21.0. The van der Waals surface area contributed by atoms with Crippen LogP contribution in [0, 0.1) is 0 Å². The molecule has 0 bridgehead atoms. The van der Waals surface area contributed by atoms with Crippen molar-refractivity contribution in [3.8, 4) is 17.2 Å². The molecule has 198 valence electrons. The lowest BCUT2D eigenvalue weighted by molar-refractivity contribution is -0.120. The van der Waals surface area contributed by atoms with Gasteiger partial charge in [0.1, 0.15) is 17.2 Å². The minimum absolute atomic E-state index is 0.254. The molecule has 3 rings (SSSR count). The maximum atomic E-state index is 12.6. The molecule has 0 aliphatic rings. The molecular weight excluding hydrogens is 554 g/mol. The Morgan fingerprint density at radius 2 is 1.55 bits per heavy atom. The lowest BCUT2D eigenvalue weighted by Crippen LogP contribution is -2.34. The van der Waals surface area contributed by atoms with E-state index in [-0.39, 0.29) is 12.3 Å². The fraction of sp³-hybridized carbons (Fsp3) is 0.214. The van der Waals surface area contributed by atoms with Crippen molar-refractivity contribution in [2.24, 2.45) is 5.10 Å².